The normalized spacial score (nSPS) is 11.0. The van der Waals surface area contributed by atoms with Crippen molar-refractivity contribution in [1.29, 1.82) is 0 Å². The lowest BCUT2D eigenvalue weighted by Gasteiger charge is -2.14. The summed E-state index contributed by atoms with van der Waals surface area (Å²) >= 11 is 11.9. The van der Waals surface area contributed by atoms with E-state index in [9.17, 15) is 19.8 Å². The van der Waals surface area contributed by atoms with Crippen LogP contribution < -0.4 is 5.56 Å². The molecule has 0 amide bonds. The number of aromatic hydroxyl groups is 2. The van der Waals surface area contributed by atoms with Gasteiger partial charge in [0.2, 0.25) is 5.88 Å². The van der Waals surface area contributed by atoms with Crippen LogP contribution in [0.3, 0.4) is 0 Å². The first-order chi connectivity index (χ1) is 13.8. The first-order valence-electron chi connectivity index (χ1n) is 8.06. The minimum atomic E-state index is -1.07. The van der Waals surface area contributed by atoms with Gasteiger partial charge in [0.25, 0.3) is 5.56 Å². The second kappa shape index (κ2) is 8.34. The van der Waals surface area contributed by atoms with E-state index in [1.165, 1.54) is 24.3 Å². The Balaban J connectivity index is 2.29. The number of aromatic nitrogens is 1. The van der Waals surface area contributed by atoms with E-state index in [2.05, 4.69) is 15.0 Å². The Hall–Kier alpha value is -3.36. The highest BCUT2D eigenvalue weighted by atomic mass is 35.5. The third kappa shape index (κ3) is 3.94. The van der Waals surface area contributed by atoms with Crippen LogP contribution in [0.4, 0.5) is 11.4 Å². The predicted octanol–water partition coefficient (Wildman–Crippen LogP) is 4.76. The molecule has 8 nitrogen and oxygen atoms in total. The highest BCUT2D eigenvalue weighted by molar-refractivity contribution is 6.35. The number of methoxy groups -OCH3 is 1. The number of hydrogen-bond donors (Lipinski definition) is 2. The molecule has 0 aliphatic rings. The standard InChI is InChI=1S/C19H13Cl2N3O5/c1-29-19(28)14-16(25)15(23-22-13-9-10(20)7-8-12(13)21)18(27)24(17(14)26)11-5-3-2-4-6-11/h2-9,25-26H,1H3. The van der Waals surface area contributed by atoms with Gasteiger partial charge in [-0.3, -0.25) is 4.79 Å². The van der Waals surface area contributed by atoms with E-state index in [0.717, 1.165) is 11.7 Å². The Bertz CT molecular complexity index is 1180. The van der Waals surface area contributed by atoms with E-state index < -0.39 is 34.4 Å². The number of nitrogens with zero attached hydrogens (tertiary/aromatic N) is 3. The third-order valence-corrected chi connectivity index (χ3v) is 4.43. The molecule has 0 bridgehead atoms. The molecule has 0 radical (unpaired) electrons. The lowest BCUT2D eigenvalue weighted by molar-refractivity contribution is 0.0592. The summed E-state index contributed by atoms with van der Waals surface area (Å²) in [6.45, 7) is 0. The van der Waals surface area contributed by atoms with Gasteiger partial charge in [-0.1, -0.05) is 41.4 Å². The average molecular weight is 434 g/mol. The number of halogens is 2. The molecule has 0 unspecified atom stereocenters. The summed E-state index contributed by atoms with van der Waals surface area (Å²) in [6.07, 6.45) is 0. The summed E-state index contributed by atoms with van der Waals surface area (Å²) in [7, 11) is 1.06. The number of azo groups is 1. The van der Waals surface area contributed by atoms with Gasteiger partial charge in [0, 0.05) is 5.02 Å². The van der Waals surface area contributed by atoms with Crippen LogP contribution in [0.25, 0.3) is 5.69 Å². The smallest absolute Gasteiger partial charge is 0.347 e. The summed E-state index contributed by atoms with van der Waals surface area (Å²) in [5, 5.41) is 29.1. The van der Waals surface area contributed by atoms with Crippen molar-refractivity contribution in [3.8, 4) is 17.3 Å². The molecule has 0 saturated carbocycles. The molecule has 1 aromatic heterocycles. The molecule has 0 saturated heterocycles. The number of para-hydroxylation sites is 1. The fourth-order valence-corrected chi connectivity index (χ4v) is 2.82. The van der Waals surface area contributed by atoms with Gasteiger partial charge in [-0.25, -0.2) is 9.36 Å². The third-order valence-electron chi connectivity index (χ3n) is 3.87. The van der Waals surface area contributed by atoms with E-state index in [4.69, 9.17) is 23.2 Å². The zero-order valence-corrected chi connectivity index (χ0v) is 16.3. The first-order valence-corrected chi connectivity index (χ1v) is 8.82. The maximum absolute atomic E-state index is 12.9. The van der Waals surface area contributed by atoms with E-state index in [1.807, 2.05) is 0 Å². The zero-order valence-electron chi connectivity index (χ0n) is 14.8. The molecule has 2 N–H and O–H groups in total. The van der Waals surface area contributed by atoms with Gasteiger partial charge in [-0.2, -0.15) is 0 Å². The molecule has 3 aromatic rings. The maximum Gasteiger partial charge on any atom is 0.347 e. The molecule has 0 aliphatic carbocycles. The van der Waals surface area contributed by atoms with Crippen molar-refractivity contribution in [2.24, 2.45) is 10.2 Å². The molecule has 0 fully saturated rings. The molecule has 2 aromatic carbocycles. The van der Waals surface area contributed by atoms with E-state index in [0.29, 0.717) is 5.02 Å². The SMILES string of the molecule is COC(=O)c1c(O)c(N=Nc2cc(Cl)ccc2Cl)c(=O)n(-c2ccccc2)c1O. The average Bonchev–Trinajstić information content (AvgIpc) is 2.71. The van der Waals surface area contributed by atoms with Crippen LogP contribution in [-0.4, -0.2) is 27.9 Å². The lowest BCUT2D eigenvalue weighted by atomic mass is 10.2. The van der Waals surface area contributed by atoms with Crippen molar-refractivity contribution in [3.63, 3.8) is 0 Å². The molecule has 1 heterocycles. The van der Waals surface area contributed by atoms with Gasteiger partial charge in [-0.05, 0) is 30.3 Å². The molecule has 0 atom stereocenters. The van der Waals surface area contributed by atoms with Crippen LogP contribution in [0.2, 0.25) is 10.0 Å². The topological polar surface area (TPSA) is 113 Å². The lowest BCUT2D eigenvalue weighted by Crippen LogP contribution is -2.21. The summed E-state index contributed by atoms with van der Waals surface area (Å²) in [5.41, 5.74) is -1.78. The molecule has 0 aliphatic heterocycles. The van der Waals surface area contributed by atoms with Crippen molar-refractivity contribution >= 4 is 40.5 Å². The molecule has 10 heteroatoms. The Kier molecular flexibility index (Phi) is 5.86. The van der Waals surface area contributed by atoms with Crippen LogP contribution in [0.5, 0.6) is 11.6 Å². The molecule has 29 heavy (non-hydrogen) atoms. The molecule has 0 spiro atoms. The summed E-state index contributed by atoms with van der Waals surface area (Å²) in [4.78, 5) is 25.0. The van der Waals surface area contributed by atoms with Crippen molar-refractivity contribution < 1.29 is 19.7 Å². The van der Waals surface area contributed by atoms with Crippen LogP contribution in [0, 0.1) is 0 Å². The zero-order chi connectivity index (χ0) is 21.1. The maximum atomic E-state index is 12.9. The Morgan fingerprint density at radius 1 is 1.07 bits per heavy atom. The van der Waals surface area contributed by atoms with E-state index in [-0.39, 0.29) is 16.4 Å². The molecular formula is C19H13Cl2N3O5. The first kappa shape index (κ1) is 20.4. The van der Waals surface area contributed by atoms with Gasteiger partial charge in [0.1, 0.15) is 5.69 Å². The number of carbonyl (C=O) groups excluding carboxylic acids is 1. The van der Waals surface area contributed by atoms with Crippen LogP contribution in [-0.2, 0) is 4.74 Å². The van der Waals surface area contributed by atoms with E-state index >= 15 is 0 Å². The predicted molar refractivity (Wildman–Crippen MR) is 107 cm³/mol. The van der Waals surface area contributed by atoms with Crippen molar-refractivity contribution in [3.05, 3.63) is 74.5 Å². The van der Waals surface area contributed by atoms with Gasteiger partial charge >= 0.3 is 5.97 Å². The number of benzene rings is 2. The highest BCUT2D eigenvalue weighted by Gasteiger charge is 2.28. The number of ether oxygens (including phenoxy) is 1. The number of esters is 1. The number of pyridine rings is 1. The Labute approximate surface area is 174 Å². The largest absolute Gasteiger partial charge is 0.504 e. The van der Waals surface area contributed by atoms with Crippen molar-refractivity contribution in [2.45, 2.75) is 0 Å². The van der Waals surface area contributed by atoms with Gasteiger partial charge in [0.15, 0.2) is 17.0 Å². The summed E-state index contributed by atoms with van der Waals surface area (Å²) in [6, 6.07) is 12.4. The quantitative estimate of drug-likeness (QED) is 0.454. The number of carbonyl (C=O) groups is 1. The molecule has 148 valence electrons. The molecule has 3 rings (SSSR count). The monoisotopic (exact) mass is 433 g/mol. The van der Waals surface area contributed by atoms with E-state index in [1.54, 1.807) is 24.3 Å². The minimum Gasteiger partial charge on any atom is -0.504 e. The second-order valence-corrected chi connectivity index (χ2v) is 6.50. The van der Waals surface area contributed by atoms with Crippen molar-refractivity contribution in [2.75, 3.05) is 7.11 Å². The number of hydrogen-bond acceptors (Lipinski definition) is 7. The fraction of sp³-hybridized carbons (Fsp3) is 0.0526. The molecular weight excluding hydrogens is 421 g/mol. The van der Waals surface area contributed by atoms with Gasteiger partial charge in [-0.15, -0.1) is 10.2 Å². The fourth-order valence-electron chi connectivity index (χ4n) is 2.50. The number of rotatable bonds is 4. The van der Waals surface area contributed by atoms with Gasteiger partial charge < -0.3 is 14.9 Å². The minimum absolute atomic E-state index is 0.136. The van der Waals surface area contributed by atoms with Crippen LogP contribution >= 0.6 is 23.2 Å². The van der Waals surface area contributed by atoms with Gasteiger partial charge in [0.05, 0.1) is 17.8 Å². The summed E-state index contributed by atoms with van der Waals surface area (Å²) in [5.74, 6) is -2.75. The van der Waals surface area contributed by atoms with Crippen LogP contribution in [0.15, 0.2) is 63.6 Å². The van der Waals surface area contributed by atoms with Crippen LogP contribution in [0.1, 0.15) is 10.4 Å². The second-order valence-electron chi connectivity index (χ2n) is 5.66. The van der Waals surface area contributed by atoms with Crippen molar-refractivity contribution in [1.82, 2.24) is 4.57 Å². The Morgan fingerprint density at radius 2 is 1.76 bits per heavy atom. The summed E-state index contributed by atoms with van der Waals surface area (Å²) < 4.78 is 5.40. The Morgan fingerprint density at radius 3 is 2.41 bits per heavy atom. The highest BCUT2D eigenvalue weighted by Crippen LogP contribution is 2.36.